The number of hydrogen-bond acceptors (Lipinski definition) is 4. The van der Waals surface area contributed by atoms with E-state index in [2.05, 4.69) is 18.8 Å². The number of methoxy groups -OCH3 is 1. The van der Waals surface area contributed by atoms with Gasteiger partial charge in [0.15, 0.2) is 0 Å². The number of carbonyl (C=O) groups excluding carboxylic acids is 1. The van der Waals surface area contributed by atoms with E-state index in [1.807, 2.05) is 6.92 Å². The van der Waals surface area contributed by atoms with Crippen LogP contribution in [-0.2, 0) is 4.74 Å². The first-order valence-electron chi connectivity index (χ1n) is 7.15. The van der Waals surface area contributed by atoms with Gasteiger partial charge in [0.1, 0.15) is 5.69 Å². The number of carbonyl (C=O) groups is 2. The molecule has 6 nitrogen and oxygen atoms in total. The molecule has 1 aromatic rings. The second-order valence-corrected chi connectivity index (χ2v) is 6.53. The van der Waals surface area contributed by atoms with Crippen LogP contribution in [0.1, 0.15) is 48.0 Å². The first-order chi connectivity index (χ1) is 10.1. The van der Waals surface area contributed by atoms with Crippen LogP contribution in [0.5, 0.6) is 0 Å². The van der Waals surface area contributed by atoms with E-state index < -0.39 is 5.97 Å². The Hall–Kier alpha value is -1.95. The number of carboxylic acids is 1. The summed E-state index contributed by atoms with van der Waals surface area (Å²) in [5, 5.41) is 8.84. The standard InChI is InChI=1S/C16H22N2O4/c1-15(2)12(8-16(15,3)22-5)18(4)13(19)10-6-7-11(14(20)21)17-9-10/h6-7,9,12H,8H2,1-5H3,(H,20,21)/t12-,16-/m1/s1. The summed E-state index contributed by atoms with van der Waals surface area (Å²) in [6, 6.07) is 2.90. The molecule has 1 heterocycles. The highest BCUT2D eigenvalue weighted by atomic mass is 16.5. The van der Waals surface area contributed by atoms with Crippen LogP contribution in [0.2, 0.25) is 0 Å². The summed E-state index contributed by atoms with van der Waals surface area (Å²) in [5.74, 6) is -1.27. The Labute approximate surface area is 130 Å². The summed E-state index contributed by atoms with van der Waals surface area (Å²) >= 11 is 0. The van der Waals surface area contributed by atoms with Gasteiger partial charge in [-0.05, 0) is 25.5 Å². The molecule has 1 saturated carbocycles. The Bertz CT molecular complexity index is 597. The molecule has 1 fully saturated rings. The van der Waals surface area contributed by atoms with Crippen LogP contribution in [-0.4, -0.2) is 52.7 Å². The number of rotatable bonds is 4. The fourth-order valence-electron chi connectivity index (χ4n) is 3.07. The van der Waals surface area contributed by atoms with Gasteiger partial charge in [0.25, 0.3) is 5.91 Å². The largest absolute Gasteiger partial charge is 0.477 e. The Morgan fingerprint density at radius 1 is 1.36 bits per heavy atom. The van der Waals surface area contributed by atoms with E-state index >= 15 is 0 Å². The summed E-state index contributed by atoms with van der Waals surface area (Å²) in [5.41, 5.74) is -0.109. The molecule has 1 amide bonds. The van der Waals surface area contributed by atoms with E-state index in [0.717, 1.165) is 6.42 Å². The predicted molar refractivity (Wildman–Crippen MR) is 80.9 cm³/mol. The zero-order chi connectivity index (χ0) is 16.7. The van der Waals surface area contributed by atoms with Gasteiger partial charge in [-0.2, -0.15) is 0 Å². The lowest BCUT2D eigenvalue weighted by Gasteiger charge is -2.61. The fourth-order valence-corrected chi connectivity index (χ4v) is 3.07. The van der Waals surface area contributed by atoms with Gasteiger partial charge in [0, 0.05) is 31.8 Å². The minimum absolute atomic E-state index is 0.0594. The van der Waals surface area contributed by atoms with Crippen molar-refractivity contribution in [2.24, 2.45) is 5.41 Å². The summed E-state index contributed by atoms with van der Waals surface area (Å²) < 4.78 is 5.58. The van der Waals surface area contributed by atoms with Crippen molar-refractivity contribution in [1.29, 1.82) is 0 Å². The summed E-state index contributed by atoms with van der Waals surface area (Å²) in [7, 11) is 3.45. The number of aromatic nitrogens is 1. The first-order valence-corrected chi connectivity index (χ1v) is 7.15. The molecule has 2 rings (SSSR count). The molecule has 1 N–H and O–H groups in total. The highest BCUT2D eigenvalue weighted by Gasteiger charge is 2.59. The molecule has 0 aliphatic heterocycles. The molecule has 0 radical (unpaired) electrons. The first kappa shape index (κ1) is 16.4. The zero-order valence-corrected chi connectivity index (χ0v) is 13.6. The minimum Gasteiger partial charge on any atom is -0.477 e. The quantitative estimate of drug-likeness (QED) is 0.921. The van der Waals surface area contributed by atoms with Gasteiger partial charge < -0.3 is 14.7 Å². The number of hydrogen-bond donors (Lipinski definition) is 1. The van der Waals surface area contributed by atoms with E-state index in [-0.39, 0.29) is 28.7 Å². The lowest BCUT2D eigenvalue weighted by atomic mass is 9.55. The van der Waals surface area contributed by atoms with Crippen molar-refractivity contribution < 1.29 is 19.4 Å². The molecule has 1 aliphatic carbocycles. The van der Waals surface area contributed by atoms with Crippen molar-refractivity contribution >= 4 is 11.9 Å². The van der Waals surface area contributed by atoms with Gasteiger partial charge in [0.2, 0.25) is 0 Å². The van der Waals surface area contributed by atoms with Gasteiger partial charge in [-0.15, -0.1) is 0 Å². The second-order valence-electron chi connectivity index (χ2n) is 6.53. The van der Waals surface area contributed by atoms with Crippen molar-refractivity contribution in [3.63, 3.8) is 0 Å². The van der Waals surface area contributed by atoms with Crippen molar-refractivity contribution in [2.75, 3.05) is 14.2 Å². The molecule has 0 aromatic carbocycles. The van der Waals surface area contributed by atoms with E-state index in [1.54, 1.807) is 19.1 Å². The van der Waals surface area contributed by atoms with Crippen LogP contribution in [0.3, 0.4) is 0 Å². The Morgan fingerprint density at radius 3 is 2.41 bits per heavy atom. The van der Waals surface area contributed by atoms with Crippen molar-refractivity contribution in [2.45, 2.75) is 38.8 Å². The van der Waals surface area contributed by atoms with Gasteiger partial charge in [-0.3, -0.25) is 4.79 Å². The number of carboxylic acid groups (broad SMARTS) is 1. The molecular formula is C16H22N2O4. The van der Waals surface area contributed by atoms with Crippen LogP contribution in [0.4, 0.5) is 0 Å². The Balaban J connectivity index is 2.15. The average molecular weight is 306 g/mol. The van der Waals surface area contributed by atoms with Gasteiger partial charge in [-0.1, -0.05) is 13.8 Å². The third-order valence-electron chi connectivity index (χ3n) is 5.25. The number of ether oxygens (including phenoxy) is 1. The van der Waals surface area contributed by atoms with Gasteiger partial charge >= 0.3 is 5.97 Å². The highest BCUT2D eigenvalue weighted by molar-refractivity contribution is 5.95. The minimum atomic E-state index is -1.11. The summed E-state index contributed by atoms with van der Waals surface area (Å²) in [6.07, 6.45) is 2.07. The third-order valence-corrected chi connectivity index (χ3v) is 5.25. The fraction of sp³-hybridized carbons (Fsp3) is 0.562. The number of aromatic carboxylic acids is 1. The molecule has 0 saturated heterocycles. The van der Waals surface area contributed by atoms with Crippen molar-refractivity contribution in [1.82, 2.24) is 9.88 Å². The molecule has 1 aliphatic rings. The predicted octanol–water partition coefficient (Wildman–Crippen LogP) is 2.06. The molecule has 22 heavy (non-hydrogen) atoms. The van der Waals surface area contributed by atoms with E-state index in [1.165, 1.54) is 18.3 Å². The monoisotopic (exact) mass is 306 g/mol. The smallest absolute Gasteiger partial charge is 0.354 e. The molecular weight excluding hydrogens is 284 g/mol. The topological polar surface area (TPSA) is 79.7 Å². The van der Waals surface area contributed by atoms with Gasteiger partial charge in [0.05, 0.1) is 11.2 Å². The average Bonchev–Trinajstić information content (AvgIpc) is 2.50. The summed E-state index contributed by atoms with van der Waals surface area (Å²) in [6.45, 7) is 6.21. The second kappa shape index (κ2) is 5.35. The van der Waals surface area contributed by atoms with Crippen molar-refractivity contribution in [3.05, 3.63) is 29.6 Å². The van der Waals surface area contributed by atoms with E-state index in [9.17, 15) is 9.59 Å². The van der Waals surface area contributed by atoms with Crippen LogP contribution < -0.4 is 0 Å². The molecule has 0 bridgehead atoms. The molecule has 6 heteroatoms. The lowest BCUT2D eigenvalue weighted by Crippen LogP contribution is -2.68. The molecule has 1 aromatic heterocycles. The lowest BCUT2D eigenvalue weighted by molar-refractivity contribution is -0.198. The SMILES string of the molecule is CO[C@]1(C)C[C@@H](N(C)C(=O)c2ccc(C(=O)O)nc2)C1(C)C. The number of amides is 1. The molecule has 0 unspecified atom stereocenters. The highest BCUT2D eigenvalue weighted by Crippen LogP contribution is 2.53. The maximum absolute atomic E-state index is 12.5. The Kier molecular flexibility index (Phi) is 4.00. The van der Waals surface area contributed by atoms with Crippen LogP contribution in [0.25, 0.3) is 0 Å². The molecule has 2 atom stereocenters. The number of pyridine rings is 1. The maximum atomic E-state index is 12.5. The zero-order valence-electron chi connectivity index (χ0n) is 13.6. The van der Waals surface area contributed by atoms with Crippen molar-refractivity contribution in [3.8, 4) is 0 Å². The van der Waals surface area contributed by atoms with Crippen LogP contribution in [0, 0.1) is 5.41 Å². The van der Waals surface area contributed by atoms with Crippen LogP contribution in [0.15, 0.2) is 18.3 Å². The van der Waals surface area contributed by atoms with Crippen LogP contribution >= 0.6 is 0 Å². The number of nitrogens with zero attached hydrogens (tertiary/aromatic N) is 2. The third kappa shape index (κ3) is 2.37. The summed E-state index contributed by atoms with van der Waals surface area (Å²) in [4.78, 5) is 28.8. The molecule has 0 spiro atoms. The molecule has 120 valence electrons. The van der Waals surface area contributed by atoms with E-state index in [0.29, 0.717) is 5.56 Å². The van der Waals surface area contributed by atoms with Gasteiger partial charge in [-0.25, -0.2) is 9.78 Å². The normalized spacial score (nSPS) is 26.1. The maximum Gasteiger partial charge on any atom is 0.354 e. The Morgan fingerprint density at radius 2 is 2.00 bits per heavy atom. The van der Waals surface area contributed by atoms with E-state index in [4.69, 9.17) is 9.84 Å².